The summed E-state index contributed by atoms with van der Waals surface area (Å²) >= 11 is 0. The van der Waals surface area contributed by atoms with E-state index in [1.165, 1.54) is 5.56 Å². The molecule has 0 unspecified atom stereocenters. The number of nitrogens with one attached hydrogen (secondary N) is 2. The van der Waals surface area contributed by atoms with Crippen molar-refractivity contribution in [1.82, 2.24) is 20.1 Å². The summed E-state index contributed by atoms with van der Waals surface area (Å²) in [6, 6.07) is 4.22. The zero-order valence-corrected chi connectivity index (χ0v) is 16.0. The number of rotatable bonds is 3. The highest BCUT2D eigenvalue weighted by Gasteiger charge is 2.26. The van der Waals surface area contributed by atoms with Crippen molar-refractivity contribution < 1.29 is 4.79 Å². The van der Waals surface area contributed by atoms with Gasteiger partial charge in [-0.1, -0.05) is 11.6 Å². The van der Waals surface area contributed by atoms with Crippen LogP contribution in [0.2, 0.25) is 0 Å². The quantitative estimate of drug-likeness (QED) is 0.749. The molecule has 5 heteroatoms. The number of fused-ring (bicyclic) bond motifs is 1. The fraction of sp³-hybridized carbons (Fsp3) is 0.400. The first kappa shape index (κ1) is 17.3. The Bertz CT molecular complexity index is 944. The van der Waals surface area contributed by atoms with Crippen LogP contribution in [0.25, 0.3) is 10.9 Å². The number of aromatic amines is 2. The van der Waals surface area contributed by atoms with E-state index < -0.39 is 0 Å². The Morgan fingerprint density at radius 1 is 1.16 bits per heavy atom. The predicted molar refractivity (Wildman–Crippen MR) is 101 cm³/mol. The maximum absolute atomic E-state index is 13.2. The highest BCUT2D eigenvalue weighted by atomic mass is 16.2. The molecule has 132 valence electrons. The van der Waals surface area contributed by atoms with Crippen molar-refractivity contribution in [2.75, 3.05) is 7.05 Å². The van der Waals surface area contributed by atoms with Crippen molar-refractivity contribution in [1.29, 1.82) is 0 Å². The van der Waals surface area contributed by atoms with E-state index in [4.69, 9.17) is 0 Å². The number of hydrogen-bond donors (Lipinski definition) is 2. The van der Waals surface area contributed by atoms with E-state index in [1.807, 2.05) is 34.7 Å². The van der Waals surface area contributed by atoms with Crippen LogP contribution < -0.4 is 0 Å². The lowest BCUT2D eigenvalue weighted by atomic mass is 10.0. The van der Waals surface area contributed by atoms with E-state index in [2.05, 4.69) is 41.2 Å². The van der Waals surface area contributed by atoms with E-state index in [0.29, 0.717) is 5.69 Å². The lowest BCUT2D eigenvalue weighted by Gasteiger charge is -2.25. The summed E-state index contributed by atoms with van der Waals surface area (Å²) in [7, 11) is 1.85. The van der Waals surface area contributed by atoms with E-state index >= 15 is 0 Å². The zero-order chi connectivity index (χ0) is 18.5. The molecule has 0 radical (unpaired) electrons. The van der Waals surface area contributed by atoms with Crippen LogP contribution >= 0.6 is 0 Å². The van der Waals surface area contributed by atoms with Gasteiger partial charge in [-0.15, -0.1) is 0 Å². The number of nitrogens with zero attached hydrogens (tertiary/aromatic N) is 2. The topological polar surface area (TPSA) is 64.8 Å². The van der Waals surface area contributed by atoms with Crippen molar-refractivity contribution in [2.45, 2.75) is 47.6 Å². The maximum Gasteiger partial charge on any atom is 0.270 e. The normalized spacial score (nSPS) is 12.6. The van der Waals surface area contributed by atoms with Crippen molar-refractivity contribution in [3.05, 3.63) is 51.5 Å². The Balaban J connectivity index is 2.02. The summed E-state index contributed by atoms with van der Waals surface area (Å²) in [5.41, 5.74) is 8.10. The van der Waals surface area contributed by atoms with Crippen LogP contribution in [0.1, 0.15) is 57.1 Å². The average Bonchev–Trinajstić information content (AvgIpc) is 3.06. The zero-order valence-electron chi connectivity index (χ0n) is 16.0. The van der Waals surface area contributed by atoms with Gasteiger partial charge in [-0.3, -0.25) is 9.89 Å². The molecule has 0 saturated carbocycles. The number of hydrogen-bond acceptors (Lipinski definition) is 2. The minimum absolute atomic E-state index is 0.00162. The Labute approximate surface area is 148 Å². The van der Waals surface area contributed by atoms with E-state index in [-0.39, 0.29) is 11.9 Å². The van der Waals surface area contributed by atoms with Crippen LogP contribution in [0.15, 0.2) is 12.1 Å². The minimum atomic E-state index is -0.0557. The summed E-state index contributed by atoms with van der Waals surface area (Å²) in [5.74, 6) is -0.00162. The van der Waals surface area contributed by atoms with Gasteiger partial charge in [0.15, 0.2) is 0 Å². The first-order valence-corrected chi connectivity index (χ1v) is 8.60. The lowest BCUT2D eigenvalue weighted by Crippen LogP contribution is -2.31. The van der Waals surface area contributed by atoms with Crippen molar-refractivity contribution in [2.24, 2.45) is 0 Å². The molecule has 1 aromatic carbocycles. The molecule has 0 aliphatic rings. The molecule has 0 bridgehead atoms. The van der Waals surface area contributed by atoms with Crippen LogP contribution in [0.4, 0.5) is 0 Å². The van der Waals surface area contributed by atoms with Crippen molar-refractivity contribution in [3.8, 4) is 0 Å². The molecule has 2 N–H and O–H groups in total. The molecule has 2 aromatic heterocycles. The monoisotopic (exact) mass is 338 g/mol. The number of benzene rings is 1. The third-order valence-corrected chi connectivity index (χ3v) is 5.23. The van der Waals surface area contributed by atoms with Gasteiger partial charge in [0.2, 0.25) is 0 Å². The maximum atomic E-state index is 13.2. The van der Waals surface area contributed by atoms with Gasteiger partial charge in [0.05, 0.1) is 11.7 Å². The summed E-state index contributed by atoms with van der Waals surface area (Å²) in [6.45, 7) is 12.2. The van der Waals surface area contributed by atoms with Gasteiger partial charge in [0.25, 0.3) is 5.91 Å². The summed E-state index contributed by atoms with van der Waals surface area (Å²) in [4.78, 5) is 18.3. The Kier molecular flexibility index (Phi) is 4.19. The molecule has 5 nitrogen and oxygen atoms in total. The summed E-state index contributed by atoms with van der Waals surface area (Å²) in [6.07, 6.45) is 0. The molecule has 1 atom stereocenters. The number of aromatic nitrogens is 3. The van der Waals surface area contributed by atoms with E-state index in [9.17, 15) is 4.79 Å². The van der Waals surface area contributed by atoms with Gasteiger partial charge in [0, 0.05) is 29.2 Å². The average molecular weight is 338 g/mol. The van der Waals surface area contributed by atoms with Crippen LogP contribution in [-0.4, -0.2) is 33.0 Å². The van der Waals surface area contributed by atoms with E-state index in [1.54, 1.807) is 4.90 Å². The Morgan fingerprint density at radius 2 is 1.84 bits per heavy atom. The molecule has 0 aliphatic carbocycles. The number of carbonyl (C=O) groups is 1. The first-order chi connectivity index (χ1) is 11.7. The second kappa shape index (κ2) is 6.06. The molecule has 2 heterocycles. The number of carbonyl (C=O) groups excluding carboxylic acids is 1. The van der Waals surface area contributed by atoms with Crippen LogP contribution in [0, 0.1) is 34.6 Å². The number of H-pyrrole nitrogens is 2. The molecule has 0 aliphatic heterocycles. The minimum Gasteiger partial charge on any atom is -0.350 e. The Morgan fingerprint density at radius 3 is 2.44 bits per heavy atom. The third-order valence-electron chi connectivity index (χ3n) is 5.23. The third kappa shape index (κ3) is 2.73. The highest BCUT2D eigenvalue weighted by Crippen LogP contribution is 2.29. The fourth-order valence-corrected chi connectivity index (χ4v) is 3.72. The highest BCUT2D eigenvalue weighted by molar-refractivity contribution is 6.01. The second-order valence-corrected chi connectivity index (χ2v) is 7.07. The molecule has 3 aromatic rings. The fourth-order valence-electron chi connectivity index (χ4n) is 3.72. The second-order valence-electron chi connectivity index (χ2n) is 7.07. The smallest absolute Gasteiger partial charge is 0.270 e. The van der Waals surface area contributed by atoms with Gasteiger partial charge in [-0.2, -0.15) is 5.10 Å². The van der Waals surface area contributed by atoms with Crippen LogP contribution in [-0.2, 0) is 0 Å². The summed E-state index contributed by atoms with van der Waals surface area (Å²) < 4.78 is 0. The van der Waals surface area contributed by atoms with Gasteiger partial charge in [0.1, 0.15) is 5.69 Å². The molecule has 25 heavy (non-hydrogen) atoms. The standard InChI is InChI=1S/C20H26N4O/c1-10-8-11(2)18-16(9-10)12(3)19(21-18)20(25)24(7)15(6)17-13(4)22-23-14(17)5/h8-9,15,21H,1-7H3,(H,22,23)/t15-/m0/s1. The van der Waals surface area contributed by atoms with Crippen LogP contribution in [0.3, 0.4) is 0 Å². The van der Waals surface area contributed by atoms with E-state index in [0.717, 1.165) is 39.0 Å². The molecule has 0 fully saturated rings. The van der Waals surface area contributed by atoms with Gasteiger partial charge in [-0.05, 0) is 58.7 Å². The van der Waals surface area contributed by atoms with Crippen LogP contribution in [0.5, 0.6) is 0 Å². The number of aryl methyl sites for hydroxylation is 5. The largest absolute Gasteiger partial charge is 0.350 e. The van der Waals surface area contributed by atoms with Gasteiger partial charge < -0.3 is 9.88 Å². The molecule has 0 saturated heterocycles. The number of amides is 1. The Hall–Kier alpha value is -2.56. The van der Waals surface area contributed by atoms with Crippen molar-refractivity contribution in [3.63, 3.8) is 0 Å². The molecule has 1 amide bonds. The van der Waals surface area contributed by atoms with Gasteiger partial charge in [-0.25, -0.2) is 0 Å². The lowest BCUT2D eigenvalue weighted by molar-refractivity contribution is 0.0736. The summed E-state index contributed by atoms with van der Waals surface area (Å²) in [5, 5.41) is 8.38. The molecule has 3 rings (SSSR count). The van der Waals surface area contributed by atoms with Crippen molar-refractivity contribution >= 4 is 16.8 Å². The van der Waals surface area contributed by atoms with Gasteiger partial charge >= 0.3 is 0 Å². The molecular weight excluding hydrogens is 312 g/mol. The predicted octanol–water partition coefficient (Wildman–Crippen LogP) is 4.27. The SMILES string of the molecule is Cc1cc(C)c2[nH]c(C(=O)N(C)[C@@H](C)c3c(C)n[nH]c3C)c(C)c2c1. The molecule has 0 spiro atoms. The first-order valence-electron chi connectivity index (χ1n) is 8.60. The molecular formula is C20H26N4O.